The van der Waals surface area contributed by atoms with Crippen molar-refractivity contribution in [3.05, 3.63) is 16.7 Å². The third kappa shape index (κ3) is 2.49. The van der Waals surface area contributed by atoms with Crippen LogP contribution in [-0.4, -0.2) is 9.55 Å². The van der Waals surface area contributed by atoms with E-state index < -0.39 is 0 Å². The van der Waals surface area contributed by atoms with Gasteiger partial charge >= 0.3 is 0 Å². The summed E-state index contributed by atoms with van der Waals surface area (Å²) in [7, 11) is 0. The van der Waals surface area contributed by atoms with Gasteiger partial charge in [0.25, 0.3) is 0 Å². The predicted octanol–water partition coefficient (Wildman–Crippen LogP) is 4.67. The minimum atomic E-state index is 0.537. The van der Waals surface area contributed by atoms with Gasteiger partial charge in [-0.1, -0.05) is 27.7 Å². The average molecular weight is 252 g/mol. The number of hydrogen-bond acceptors (Lipinski definition) is 1. The fourth-order valence-corrected chi connectivity index (χ4v) is 3.51. The summed E-state index contributed by atoms with van der Waals surface area (Å²) < 4.78 is 3.29. The third-order valence-corrected chi connectivity index (χ3v) is 4.46. The van der Waals surface area contributed by atoms with Crippen LogP contribution in [0.1, 0.15) is 64.6 Å². The number of aromatic amines is 1. The average Bonchev–Trinajstić information content (AvgIpc) is 2.60. The number of imidazole rings is 1. The van der Waals surface area contributed by atoms with E-state index >= 15 is 0 Å². The molecule has 1 aliphatic rings. The molecule has 1 aliphatic carbocycles. The van der Waals surface area contributed by atoms with E-state index in [0.717, 1.165) is 16.6 Å². The van der Waals surface area contributed by atoms with Gasteiger partial charge in [0, 0.05) is 17.9 Å². The van der Waals surface area contributed by atoms with E-state index in [1.165, 1.54) is 25.0 Å². The lowest BCUT2D eigenvalue weighted by atomic mass is 9.79. The van der Waals surface area contributed by atoms with Crippen LogP contribution in [0.15, 0.2) is 6.20 Å². The molecule has 1 aromatic rings. The smallest absolute Gasteiger partial charge is 0.177 e. The molecule has 1 N–H and O–H groups in total. The molecule has 0 amide bonds. The van der Waals surface area contributed by atoms with Crippen molar-refractivity contribution in [1.29, 1.82) is 0 Å². The Labute approximate surface area is 109 Å². The highest BCUT2D eigenvalue weighted by atomic mass is 32.1. The van der Waals surface area contributed by atoms with Gasteiger partial charge in [0.2, 0.25) is 0 Å². The molecule has 0 bridgehead atoms. The Hall–Kier alpha value is -0.570. The standard InChI is InChI=1S/C14H24N2S/c1-9(2)13-8-15-14(17)16(13)12-6-5-10(3)7-11(12)4/h8-12H,5-7H2,1-4H3,(H,15,17). The van der Waals surface area contributed by atoms with Crippen molar-refractivity contribution in [2.24, 2.45) is 11.8 Å². The first kappa shape index (κ1) is 12.9. The zero-order valence-corrected chi connectivity index (χ0v) is 12.2. The highest BCUT2D eigenvalue weighted by Crippen LogP contribution is 2.38. The zero-order valence-electron chi connectivity index (χ0n) is 11.4. The third-order valence-electron chi connectivity index (χ3n) is 4.15. The molecule has 1 fully saturated rings. The Morgan fingerprint density at radius 3 is 2.65 bits per heavy atom. The molecule has 96 valence electrons. The van der Waals surface area contributed by atoms with Gasteiger partial charge in [-0.15, -0.1) is 0 Å². The number of aromatic nitrogens is 2. The van der Waals surface area contributed by atoms with Gasteiger partial charge in [-0.2, -0.15) is 0 Å². The second-order valence-electron chi connectivity index (χ2n) is 6.01. The van der Waals surface area contributed by atoms with E-state index in [4.69, 9.17) is 12.2 Å². The fourth-order valence-electron chi connectivity index (χ4n) is 3.21. The molecule has 0 radical (unpaired) electrons. The number of nitrogens with zero attached hydrogens (tertiary/aromatic N) is 1. The Balaban J connectivity index is 2.33. The van der Waals surface area contributed by atoms with Crippen LogP contribution in [0, 0.1) is 16.6 Å². The van der Waals surface area contributed by atoms with Gasteiger partial charge in [-0.25, -0.2) is 0 Å². The van der Waals surface area contributed by atoms with Crippen molar-refractivity contribution in [2.75, 3.05) is 0 Å². The summed E-state index contributed by atoms with van der Waals surface area (Å²) in [6.07, 6.45) is 6.03. The van der Waals surface area contributed by atoms with E-state index in [1.54, 1.807) is 0 Å². The maximum absolute atomic E-state index is 5.46. The van der Waals surface area contributed by atoms with Crippen molar-refractivity contribution < 1.29 is 0 Å². The van der Waals surface area contributed by atoms with E-state index in [9.17, 15) is 0 Å². The quantitative estimate of drug-likeness (QED) is 0.759. The van der Waals surface area contributed by atoms with E-state index in [0.29, 0.717) is 12.0 Å². The molecule has 1 heterocycles. The topological polar surface area (TPSA) is 20.7 Å². The minimum Gasteiger partial charge on any atom is -0.337 e. The van der Waals surface area contributed by atoms with Gasteiger partial charge in [0.05, 0.1) is 0 Å². The van der Waals surface area contributed by atoms with Crippen molar-refractivity contribution in [3.8, 4) is 0 Å². The minimum absolute atomic E-state index is 0.537. The molecule has 2 rings (SSSR count). The largest absolute Gasteiger partial charge is 0.337 e. The maximum Gasteiger partial charge on any atom is 0.177 e. The first-order valence-corrected chi connectivity index (χ1v) is 7.21. The molecule has 2 nitrogen and oxygen atoms in total. The van der Waals surface area contributed by atoms with Crippen LogP contribution in [0.2, 0.25) is 0 Å². The van der Waals surface area contributed by atoms with Crippen molar-refractivity contribution in [1.82, 2.24) is 9.55 Å². The lowest BCUT2D eigenvalue weighted by Gasteiger charge is -2.34. The van der Waals surface area contributed by atoms with Gasteiger partial charge in [-0.05, 0) is 49.2 Å². The first-order chi connectivity index (χ1) is 8.00. The van der Waals surface area contributed by atoms with Crippen molar-refractivity contribution in [3.63, 3.8) is 0 Å². The highest BCUT2D eigenvalue weighted by Gasteiger charge is 2.28. The fraction of sp³-hybridized carbons (Fsp3) is 0.786. The summed E-state index contributed by atoms with van der Waals surface area (Å²) in [5.74, 6) is 2.14. The number of hydrogen-bond donors (Lipinski definition) is 1. The number of rotatable bonds is 2. The van der Waals surface area contributed by atoms with E-state index in [2.05, 4.69) is 43.4 Å². The Bertz CT molecular complexity index is 430. The van der Waals surface area contributed by atoms with Crippen molar-refractivity contribution in [2.45, 2.75) is 58.9 Å². The monoisotopic (exact) mass is 252 g/mol. The first-order valence-electron chi connectivity index (χ1n) is 6.80. The number of nitrogens with one attached hydrogen (secondary N) is 1. The van der Waals surface area contributed by atoms with Gasteiger partial charge in [0.1, 0.15) is 0 Å². The summed E-state index contributed by atoms with van der Waals surface area (Å²) >= 11 is 5.46. The molecule has 1 aromatic heterocycles. The molecule has 3 unspecified atom stereocenters. The summed E-state index contributed by atoms with van der Waals surface area (Å²) in [4.78, 5) is 3.23. The SMILES string of the molecule is CC1CCC(n2c(C(C)C)c[nH]c2=S)C(C)C1. The van der Waals surface area contributed by atoms with Crippen LogP contribution in [0.4, 0.5) is 0 Å². The second-order valence-corrected chi connectivity index (χ2v) is 6.39. The molecule has 1 saturated carbocycles. The van der Waals surface area contributed by atoms with Crippen LogP contribution in [0.25, 0.3) is 0 Å². The Morgan fingerprint density at radius 2 is 2.06 bits per heavy atom. The van der Waals surface area contributed by atoms with E-state index in [-0.39, 0.29) is 0 Å². The predicted molar refractivity (Wildman–Crippen MR) is 74.9 cm³/mol. The second kappa shape index (κ2) is 4.97. The van der Waals surface area contributed by atoms with Crippen LogP contribution in [-0.2, 0) is 0 Å². The molecular formula is C14H24N2S. The summed E-state index contributed by atoms with van der Waals surface area (Å²) in [6, 6.07) is 0.599. The molecular weight excluding hydrogens is 228 g/mol. The molecule has 0 spiro atoms. The van der Waals surface area contributed by atoms with E-state index in [1.807, 2.05) is 0 Å². The van der Waals surface area contributed by atoms with Crippen LogP contribution >= 0.6 is 12.2 Å². The Morgan fingerprint density at radius 1 is 1.35 bits per heavy atom. The molecule has 17 heavy (non-hydrogen) atoms. The highest BCUT2D eigenvalue weighted by molar-refractivity contribution is 7.71. The van der Waals surface area contributed by atoms with Gasteiger partial charge in [-0.3, -0.25) is 0 Å². The maximum atomic E-state index is 5.46. The summed E-state index contributed by atoms with van der Waals surface area (Å²) in [6.45, 7) is 9.22. The molecule has 0 aromatic carbocycles. The van der Waals surface area contributed by atoms with Crippen LogP contribution in [0.5, 0.6) is 0 Å². The lowest BCUT2D eigenvalue weighted by Crippen LogP contribution is -2.26. The molecule has 0 aliphatic heterocycles. The van der Waals surface area contributed by atoms with Gasteiger partial charge < -0.3 is 9.55 Å². The lowest BCUT2D eigenvalue weighted by molar-refractivity contribution is 0.202. The van der Waals surface area contributed by atoms with Crippen molar-refractivity contribution >= 4 is 12.2 Å². The van der Waals surface area contributed by atoms with Crippen LogP contribution in [0.3, 0.4) is 0 Å². The number of H-pyrrole nitrogens is 1. The summed E-state index contributed by atoms with van der Waals surface area (Å²) in [5.41, 5.74) is 1.36. The molecule has 3 heteroatoms. The summed E-state index contributed by atoms with van der Waals surface area (Å²) in [5, 5.41) is 0. The molecule has 0 saturated heterocycles. The normalized spacial score (nSPS) is 29.8. The zero-order chi connectivity index (χ0) is 12.6. The van der Waals surface area contributed by atoms with Gasteiger partial charge in [0.15, 0.2) is 4.77 Å². The Kier molecular flexibility index (Phi) is 3.76. The molecule has 3 atom stereocenters. The van der Waals surface area contributed by atoms with Crippen LogP contribution < -0.4 is 0 Å².